The van der Waals surface area contributed by atoms with Crippen molar-refractivity contribution in [1.29, 1.82) is 0 Å². The Hall–Kier alpha value is -2.50. The van der Waals surface area contributed by atoms with Gasteiger partial charge in [0.1, 0.15) is 0 Å². The van der Waals surface area contributed by atoms with Crippen molar-refractivity contribution in [2.45, 2.75) is 19.9 Å². The Morgan fingerprint density at radius 2 is 1.65 bits per heavy atom. The molecule has 5 nitrogen and oxygen atoms in total. The smallest absolute Gasteiger partial charge is 0.319 e. The summed E-state index contributed by atoms with van der Waals surface area (Å²) in [5.41, 5.74) is 3.02. The fourth-order valence-electron chi connectivity index (χ4n) is 2.83. The zero-order valence-electron chi connectivity index (χ0n) is 14.2. The summed E-state index contributed by atoms with van der Waals surface area (Å²) < 4.78 is 0. The molecule has 0 aromatic heterocycles. The summed E-state index contributed by atoms with van der Waals surface area (Å²) >= 11 is 12.6. The summed E-state index contributed by atoms with van der Waals surface area (Å²) in [7, 11) is 0. The lowest BCUT2D eigenvalue weighted by Crippen LogP contribution is -2.46. The second-order valence-electron chi connectivity index (χ2n) is 6.03. The second-order valence-corrected chi connectivity index (χ2v) is 6.84. The van der Waals surface area contributed by atoms with Crippen LogP contribution in [0.5, 0.6) is 0 Å². The SMILES string of the molecule is CC1=C(C(=O)Nc2ccc(C)cc2)C(c2c(Cl)cccc2Cl)NC(=O)N1. The maximum absolute atomic E-state index is 12.9. The van der Waals surface area contributed by atoms with Crippen LogP contribution in [0.3, 0.4) is 0 Å². The van der Waals surface area contributed by atoms with Gasteiger partial charge in [-0.2, -0.15) is 0 Å². The fraction of sp³-hybridized carbons (Fsp3) is 0.158. The number of anilines is 1. The summed E-state index contributed by atoms with van der Waals surface area (Å²) in [6.07, 6.45) is 0. The minimum Gasteiger partial charge on any atom is -0.327 e. The minimum absolute atomic E-state index is 0.347. The molecule has 0 aliphatic carbocycles. The van der Waals surface area contributed by atoms with E-state index in [1.807, 2.05) is 31.2 Å². The molecule has 3 rings (SSSR count). The molecule has 1 aliphatic rings. The third-order valence-corrected chi connectivity index (χ3v) is 4.77. The molecule has 26 heavy (non-hydrogen) atoms. The van der Waals surface area contributed by atoms with Gasteiger partial charge in [-0.25, -0.2) is 4.79 Å². The van der Waals surface area contributed by atoms with Crippen LogP contribution in [-0.2, 0) is 4.79 Å². The van der Waals surface area contributed by atoms with Gasteiger partial charge in [0.2, 0.25) is 0 Å². The number of carbonyl (C=O) groups is 2. The number of urea groups is 1. The summed E-state index contributed by atoms with van der Waals surface area (Å²) in [5, 5.41) is 8.95. The average molecular weight is 390 g/mol. The van der Waals surface area contributed by atoms with Crippen LogP contribution in [0.15, 0.2) is 53.7 Å². The first kappa shape index (κ1) is 18.3. The van der Waals surface area contributed by atoms with Gasteiger partial charge in [-0.1, -0.05) is 47.0 Å². The highest BCUT2D eigenvalue weighted by Crippen LogP contribution is 2.36. The predicted octanol–water partition coefficient (Wildman–Crippen LogP) is 4.57. The largest absolute Gasteiger partial charge is 0.327 e. The monoisotopic (exact) mass is 389 g/mol. The molecule has 0 spiro atoms. The van der Waals surface area contributed by atoms with Gasteiger partial charge in [0.05, 0.1) is 11.6 Å². The topological polar surface area (TPSA) is 70.2 Å². The second kappa shape index (κ2) is 7.40. The third kappa shape index (κ3) is 3.69. The van der Waals surface area contributed by atoms with Crippen molar-refractivity contribution in [3.8, 4) is 0 Å². The number of benzene rings is 2. The molecule has 0 radical (unpaired) electrons. The summed E-state index contributed by atoms with van der Waals surface area (Å²) in [6.45, 7) is 3.63. The van der Waals surface area contributed by atoms with E-state index in [0.29, 0.717) is 32.6 Å². The molecule has 3 N–H and O–H groups in total. The lowest BCUT2D eigenvalue weighted by Gasteiger charge is -2.29. The molecule has 0 saturated heterocycles. The first-order valence-corrected chi connectivity index (χ1v) is 8.72. The van der Waals surface area contributed by atoms with Gasteiger partial charge >= 0.3 is 6.03 Å². The first-order valence-electron chi connectivity index (χ1n) is 7.97. The number of rotatable bonds is 3. The molecule has 7 heteroatoms. The molecule has 134 valence electrons. The van der Waals surface area contributed by atoms with E-state index in [9.17, 15) is 9.59 Å². The van der Waals surface area contributed by atoms with Crippen molar-refractivity contribution in [2.75, 3.05) is 5.32 Å². The van der Waals surface area contributed by atoms with E-state index in [2.05, 4.69) is 16.0 Å². The quantitative estimate of drug-likeness (QED) is 0.719. The highest BCUT2D eigenvalue weighted by molar-refractivity contribution is 6.36. The van der Waals surface area contributed by atoms with E-state index < -0.39 is 12.1 Å². The lowest BCUT2D eigenvalue weighted by molar-refractivity contribution is -0.113. The van der Waals surface area contributed by atoms with E-state index in [1.54, 1.807) is 25.1 Å². The maximum atomic E-state index is 12.9. The molecule has 1 heterocycles. The van der Waals surface area contributed by atoms with Crippen molar-refractivity contribution in [2.24, 2.45) is 0 Å². The molecular weight excluding hydrogens is 373 g/mol. The number of carbonyl (C=O) groups excluding carboxylic acids is 2. The molecular formula is C19H17Cl2N3O2. The summed E-state index contributed by atoms with van der Waals surface area (Å²) in [5.74, 6) is -0.347. The fourth-order valence-corrected chi connectivity index (χ4v) is 3.45. The maximum Gasteiger partial charge on any atom is 0.319 e. The molecule has 0 bridgehead atoms. The Morgan fingerprint density at radius 3 is 2.27 bits per heavy atom. The number of nitrogens with one attached hydrogen (secondary N) is 3. The number of hydrogen-bond donors (Lipinski definition) is 3. The van der Waals surface area contributed by atoms with Crippen LogP contribution < -0.4 is 16.0 Å². The molecule has 0 saturated carbocycles. The normalized spacial score (nSPS) is 16.8. The Morgan fingerprint density at radius 1 is 1.04 bits per heavy atom. The van der Waals surface area contributed by atoms with Gasteiger partial charge in [-0.3, -0.25) is 4.79 Å². The number of halogens is 2. The van der Waals surface area contributed by atoms with Crippen molar-refractivity contribution in [3.63, 3.8) is 0 Å². The van der Waals surface area contributed by atoms with E-state index in [4.69, 9.17) is 23.2 Å². The van der Waals surface area contributed by atoms with Crippen LogP contribution in [0.1, 0.15) is 24.1 Å². The van der Waals surface area contributed by atoms with Gasteiger partial charge in [0.25, 0.3) is 5.91 Å². The Bertz CT molecular complexity index is 887. The molecule has 3 amide bonds. The van der Waals surface area contributed by atoms with Crippen LogP contribution >= 0.6 is 23.2 Å². The zero-order valence-corrected chi connectivity index (χ0v) is 15.7. The van der Waals surface area contributed by atoms with E-state index in [0.717, 1.165) is 5.56 Å². The minimum atomic E-state index is -0.754. The highest BCUT2D eigenvalue weighted by Gasteiger charge is 2.33. The Kier molecular flexibility index (Phi) is 5.20. The van der Waals surface area contributed by atoms with Crippen LogP contribution in [0.2, 0.25) is 10.0 Å². The number of aryl methyl sites for hydroxylation is 1. The molecule has 2 aromatic carbocycles. The van der Waals surface area contributed by atoms with Gasteiger partial charge < -0.3 is 16.0 Å². The standard InChI is InChI=1S/C19H17Cl2N3O2/c1-10-6-8-12(9-7-10)23-18(25)15-11(2)22-19(26)24-17(15)16-13(20)4-3-5-14(16)21/h3-9,17H,1-2H3,(H,23,25)(H2,22,24,26). The third-order valence-electron chi connectivity index (χ3n) is 4.11. The zero-order chi connectivity index (χ0) is 18.8. The van der Waals surface area contributed by atoms with E-state index in [1.165, 1.54) is 0 Å². The van der Waals surface area contributed by atoms with Crippen molar-refractivity contribution >= 4 is 40.8 Å². The summed E-state index contributed by atoms with van der Waals surface area (Å²) in [4.78, 5) is 24.9. The average Bonchev–Trinajstić information content (AvgIpc) is 2.56. The van der Waals surface area contributed by atoms with E-state index in [-0.39, 0.29) is 5.91 Å². The van der Waals surface area contributed by atoms with Gasteiger partial charge in [0, 0.05) is 27.0 Å². The van der Waals surface area contributed by atoms with Crippen LogP contribution in [0.25, 0.3) is 0 Å². The molecule has 1 aliphatic heterocycles. The number of amides is 3. The van der Waals surface area contributed by atoms with Crippen LogP contribution in [-0.4, -0.2) is 11.9 Å². The number of hydrogen-bond acceptors (Lipinski definition) is 2. The van der Waals surface area contributed by atoms with Crippen molar-refractivity contribution < 1.29 is 9.59 Å². The van der Waals surface area contributed by atoms with Gasteiger partial charge in [-0.05, 0) is 38.1 Å². The van der Waals surface area contributed by atoms with Gasteiger partial charge in [0.15, 0.2) is 0 Å². The molecule has 1 unspecified atom stereocenters. The van der Waals surface area contributed by atoms with Crippen LogP contribution in [0.4, 0.5) is 10.5 Å². The Balaban J connectivity index is 2.00. The molecule has 1 atom stereocenters. The summed E-state index contributed by atoms with van der Waals surface area (Å²) in [6, 6.07) is 11.3. The van der Waals surface area contributed by atoms with Gasteiger partial charge in [-0.15, -0.1) is 0 Å². The highest BCUT2D eigenvalue weighted by atomic mass is 35.5. The van der Waals surface area contributed by atoms with E-state index >= 15 is 0 Å². The predicted molar refractivity (Wildman–Crippen MR) is 103 cm³/mol. The lowest BCUT2D eigenvalue weighted by atomic mass is 9.94. The number of allylic oxidation sites excluding steroid dienone is 1. The van der Waals surface area contributed by atoms with Crippen molar-refractivity contribution in [3.05, 3.63) is 74.9 Å². The van der Waals surface area contributed by atoms with Crippen LogP contribution in [0, 0.1) is 6.92 Å². The van der Waals surface area contributed by atoms with Crippen molar-refractivity contribution in [1.82, 2.24) is 10.6 Å². The molecule has 2 aromatic rings. The Labute approximate surface area is 161 Å². The molecule has 0 fully saturated rings. The first-order chi connectivity index (χ1) is 12.4.